The fourth-order valence-corrected chi connectivity index (χ4v) is 2.18. The zero-order valence-corrected chi connectivity index (χ0v) is 13.1. The molecule has 0 fully saturated rings. The molecule has 20 heavy (non-hydrogen) atoms. The van der Waals surface area contributed by atoms with E-state index >= 15 is 0 Å². The summed E-state index contributed by atoms with van der Waals surface area (Å²) in [5.74, 6) is -0.164. The minimum absolute atomic E-state index is 0.0197. The lowest BCUT2D eigenvalue weighted by Gasteiger charge is -2.19. The van der Waals surface area contributed by atoms with Crippen molar-refractivity contribution >= 4 is 27.5 Å². The topological polar surface area (TPSA) is 81.5 Å². The van der Waals surface area contributed by atoms with Gasteiger partial charge in [-0.25, -0.2) is 0 Å². The molecule has 6 nitrogen and oxygen atoms in total. The molecule has 7 heteroatoms. The monoisotopic (exact) mass is 344 g/mol. The zero-order chi connectivity index (χ0) is 15.3. The lowest BCUT2D eigenvalue weighted by Crippen LogP contribution is -2.37. The highest BCUT2D eigenvalue weighted by molar-refractivity contribution is 9.09. The Morgan fingerprint density at radius 1 is 1.50 bits per heavy atom. The van der Waals surface area contributed by atoms with E-state index < -0.39 is 4.92 Å². The van der Waals surface area contributed by atoms with Gasteiger partial charge in [0.15, 0.2) is 0 Å². The number of nitrogens with one attached hydrogen (secondary N) is 1. The summed E-state index contributed by atoms with van der Waals surface area (Å²) in [6.07, 6.45) is 0. The summed E-state index contributed by atoms with van der Waals surface area (Å²) in [5, 5.41) is 14.5. The second kappa shape index (κ2) is 7.23. The second-order valence-electron chi connectivity index (χ2n) is 4.51. The molecule has 2 unspecified atom stereocenters. The Kier molecular flexibility index (Phi) is 5.94. The first-order chi connectivity index (χ1) is 9.42. The minimum atomic E-state index is -0.569. The molecule has 0 heterocycles. The van der Waals surface area contributed by atoms with E-state index in [1.165, 1.54) is 25.3 Å². The van der Waals surface area contributed by atoms with Crippen molar-refractivity contribution in [3.63, 3.8) is 0 Å². The van der Waals surface area contributed by atoms with Crippen LogP contribution in [0.5, 0.6) is 5.75 Å². The van der Waals surface area contributed by atoms with Gasteiger partial charge in [-0.15, -0.1) is 0 Å². The Hall–Kier alpha value is -1.63. The molecule has 110 valence electrons. The van der Waals surface area contributed by atoms with Gasteiger partial charge in [-0.2, -0.15) is 0 Å². The van der Waals surface area contributed by atoms with Crippen LogP contribution in [0, 0.1) is 16.0 Å². The maximum Gasteiger partial charge on any atom is 0.311 e. The highest BCUT2D eigenvalue weighted by atomic mass is 79.9. The molecule has 2 atom stereocenters. The van der Waals surface area contributed by atoms with Crippen molar-refractivity contribution in [2.24, 2.45) is 5.92 Å². The smallest absolute Gasteiger partial charge is 0.311 e. The average Bonchev–Trinajstić information content (AvgIpc) is 2.44. The number of hydrogen-bond donors (Lipinski definition) is 1. The maximum atomic E-state index is 12.2. The van der Waals surface area contributed by atoms with E-state index in [0.29, 0.717) is 0 Å². The fraction of sp³-hybridized carbons (Fsp3) is 0.462. The van der Waals surface area contributed by atoms with Crippen molar-refractivity contribution in [3.8, 4) is 5.75 Å². The molecule has 1 aromatic rings. The lowest BCUT2D eigenvalue weighted by atomic mass is 10.1. The number of hydrogen-bond acceptors (Lipinski definition) is 4. The molecule has 0 aliphatic heterocycles. The Morgan fingerprint density at radius 3 is 2.65 bits per heavy atom. The Labute approximate surface area is 125 Å². The summed E-state index contributed by atoms with van der Waals surface area (Å²) in [6, 6.07) is 4.21. The lowest BCUT2D eigenvalue weighted by molar-refractivity contribution is -0.385. The van der Waals surface area contributed by atoms with Crippen LogP contribution in [-0.2, 0) is 0 Å². The molecule has 0 bridgehead atoms. The van der Waals surface area contributed by atoms with Crippen molar-refractivity contribution in [2.75, 3.05) is 12.4 Å². The molecule has 1 N–H and O–H groups in total. The van der Waals surface area contributed by atoms with Crippen molar-refractivity contribution in [3.05, 3.63) is 33.9 Å². The van der Waals surface area contributed by atoms with Crippen molar-refractivity contribution in [2.45, 2.75) is 19.9 Å². The Bertz CT molecular complexity index is 507. The SMILES string of the molecule is COc1c(C(=O)NC(C)C(C)CBr)cccc1[N+](=O)[O-]. The van der Waals surface area contributed by atoms with E-state index in [2.05, 4.69) is 21.2 Å². The number of benzene rings is 1. The van der Waals surface area contributed by atoms with Crippen molar-refractivity contribution in [1.29, 1.82) is 0 Å². The molecule has 1 rings (SSSR count). The van der Waals surface area contributed by atoms with Crippen LogP contribution in [0.3, 0.4) is 0 Å². The minimum Gasteiger partial charge on any atom is -0.490 e. The van der Waals surface area contributed by atoms with Gasteiger partial charge in [0, 0.05) is 17.4 Å². The van der Waals surface area contributed by atoms with E-state index in [4.69, 9.17) is 4.74 Å². The van der Waals surface area contributed by atoms with Crippen LogP contribution in [0.4, 0.5) is 5.69 Å². The average molecular weight is 345 g/mol. The number of carbonyl (C=O) groups excluding carboxylic acids is 1. The second-order valence-corrected chi connectivity index (χ2v) is 5.16. The number of methoxy groups -OCH3 is 1. The van der Waals surface area contributed by atoms with Crippen LogP contribution in [0.1, 0.15) is 24.2 Å². The number of nitro benzene ring substituents is 1. The van der Waals surface area contributed by atoms with Gasteiger partial charge in [0.2, 0.25) is 5.75 Å². The summed E-state index contributed by atoms with van der Waals surface area (Å²) >= 11 is 3.36. The van der Waals surface area contributed by atoms with Gasteiger partial charge in [-0.1, -0.05) is 28.9 Å². The molecule has 0 radical (unpaired) electrons. The molecule has 0 aromatic heterocycles. The van der Waals surface area contributed by atoms with Gasteiger partial charge < -0.3 is 10.1 Å². The number of alkyl halides is 1. The van der Waals surface area contributed by atoms with Crippen molar-refractivity contribution in [1.82, 2.24) is 5.32 Å². The number of rotatable bonds is 6. The summed E-state index contributed by atoms with van der Waals surface area (Å²) in [6.45, 7) is 3.87. The van der Waals surface area contributed by atoms with Crippen LogP contribution in [0.2, 0.25) is 0 Å². The largest absolute Gasteiger partial charge is 0.490 e. The quantitative estimate of drug-likeness (QED) is 0.488. The van der Waals surface area contributed by atoms with E-state index in [-0.39, 0.29) is 34.9 Å². The molecule has 0 saturated heterocycles. The Balaban J connectivity index is 3.04. The molecule has 0 saturated carbocycles. The first-order valence-electron chi connectivity index (χ1n) is 6.10. The van der Waals surface area contributed by atoms with Crippen LogP contribution >= 0.6 is 15.9 Å². The number of carbonyl (C=O) groups is 1. The number of para-hydroxylation sites is 1. The highest BCUT2D eigenvalue weighted by Crippen LogP contribution is 2.30. The zero-order valence-electron chi connectivity index (χ0n) is 11.6. The van der Waals surface area contributed by atoms with Gasteiger partial charge in [0.25, 0.3) is 5.91 Å². The number of nitro groups is 1. The number of amides is 1. The Morgan fingerprint density at radius 2 is 2.15 bits per heavy atom. The predicted octanol–water partition coefficient (Wildman–Crippen LogP) is 2.75. The summed E-state index contributed by atoms with van der Waals surface area (Å²) in [5.41, 5.74) is -0.0586. The van der Waals surface area contributed by atoms with Crippen LogP contribution in [0.25, 0.3) is 0 Å². The van der Waals surface area contributed by atoms with E-state index in [1.807, 2.05) is 13.8 Å². The van der Waals surface area contributed by atoms with Crippen LogP contribution in [-0.4, -0.2) is 29.3 Å². The molecular formula is C13H17BrN2O4. The summed E-state index contributed by atoms with van der Waals surface area (Å²) in [4.78, 5) is 22.6. The first kappa shape index (κ1) is 16.4. The third kappa shape index (κ3) is 3.69. The van der Waals surface area contributed by atoms with Crippen LogP contribution in [0.15, 0.2) is 18.2 Å². The first-order valence-corrected chi connectivity index (χ1v) is 7.22. The molecule has 1 aromatic carbocycles. The van der Waals surface area contributed by atoms with Gasteiger partial charge >= 0.3 is 5.69 Å². The summed E-state index contributed by atoms with van der Waals surface area (Å²) in [7, 11) is 1.31. The molecule has 0 aliphatic rings. The number of nitrogens with zero attached hydrogens (tertiary/aromatic N) is 1. The van der Waals surface area contributed by atoms with E-state index in [1.54, 1.807) is 0 Å². The van der Waals surface area contributed by atoms with E-state index in [9.17, 15) is 14.9 Å². The third-order valence-electron chi connectivity index (χ3n) is 3.10. The van der Waals surface area contributed by atoms with Gasteiger partial charge in [-0.05, 0) is 18.9 Å². The highest BCUT2D eigenvalue weighted by Gasteiger charge is 2.24. The normalized spacial score (nSPS) is 13.4. The van der Waals surface area contributed by atoms with Gasteiger partial charge in [0.1, 0.15) is 0 Å². The fourth-order valence-electron chi connectivity index (χ4n) is 1.62. The molecular weight excluding hydrogens is 328 g/mol. The maximum absolute atomic E-state index is 12.2. The van der Waals surface area contributed by atoms with Crippen LogP contribution < -0.4 is 10.1 Å². The van der Waals surface area contributed by atoms with E-state index in [0.717, 1.165) is 5.33 Å². The molecule has 0 aliphatic carbocycles. The number of ether oxygens (including phenoxy) is 1. The molecule has 1 amide bonds. The third-order valence-corrected chi connectivity index (χ3v) is 4.12. The standard InChI is InChI=1S/C13H17BrN2O4/c1-8(7-14)9(2)15-13(17)10-5-4-6-11(16(18)19)12(10)20-3/h4-6,8-9H,7H2,1-3H3,(H,15,17). The van der Waals surface area contributed by atoms with Crippen molar-refractivity contribution < 1.29 is 14.5 Å². The summed E-state index contributed by atoms with van der Waals surface area (Å²) < 4.78 is 5.02. The number of halogens is 1. The molecule has 0 spiro atoms. The van der Waals surface area contributed by atoms with Gasteiger partial charge in [0.05, 0.1) is 17.6 Å². The predicted molar refractivity (Wildman–Crippen MR) is 79.5 cm³/mol. The van der Waals surface area contributed by atoms with Gasteiger partial charge in [-0.3, -0.25) is 14.9 Å².